The molecule has 0 spiro atoms. The zero-order valence-corrected chi connectivity index (χ0v) is 12.9. The zero-order valence-electron chi connectivity index (χ0n) is 12.9. The molecule has 0 aromatic heterocycles. The van der Waals surface area contributed by atoms with Crippen LogP contribution in [0.15, 0.2) is 0 Å². The van der Waals surface area contributed by atoms with Crippen LogP contribution in [-0.4, -0.2) is 35.6 Å². The molecule has 0 bridgehead atoms. The van der Waals surface area contributed by atoms with E-state index in [9.17, 15) is 0 Å². The third-order valence-corrected chi connectivity index (χ3v) is 1.71. The van der Waals surface area contributed by atoms with Crippen LogP contribution in [0.2, 0.25) is 0 Å². The standard InChI is InChI=1S/C8H18O.C4H10.C2H6O2/c1-5-7(3)9-8(4)6-2;1-4(2)3;3-1-2-4/h7-8H,5-6H2,1-4H3;4H,1-3H3;3-4H,1-2H2. The van der Waals surface area contributed by atoms with E-state index in [4.69, 9.17) is 14.9 Å². The van der Waals surface area contributed by atoms with E-state index in [-0.39, 0.29) is 13.2 Å². The summed E-state index contributed by atoms with van der Waals surface area (Å²) in [5.41, 5.74) is 0. The minimum absolute atomic E-state index is 0.125. The first kappa shape index (κ1) is 22.1. The van der Waals surface area contributed by atoms with Crippen molar-refractivity contribution < 1.29 is 14.9 Å². The van der Waals surface area contributed by atoms with Gasteiger partial charge in [-0.05, 0) is 32.6 Å². The topological polar surface area (TPSA) is 49.7 Å². The summed E-state index contributed by atoms with van der Waals surface area (Å²) >= 11 is 0. The molecule has 0 rings (SSSR count). The van der Waals surface area contributed by atoms with Crippen LogP contribution in [0, 0.1) is 5.92 Å². The van der Waals surface area contributed by atoms with Crippen LogP contribution < -0.4 is 0 Å². The minimum Gasteiger partial charge on any atom is -0.394 e. The molecule has 2 unspecified atom stereocenters. The SMILES string of the molecule is CC(C)C.CCC(C)OC(C)CC.OCCO. The molecule has 0 amide bonds. The second kappa shape index (κ2) is 18.3. The summed E-state index contributed by atoms with van der Waals surface area (Å²) in [7, 11) is 0. The molecular formula is C14H34O3. The van der Waals surface area contributed by atoms with E-state index in [2.05, 4.69) is 48.5 Å². The van der Waals surface area contributed by atoms with Crippen molar-refractivity contribution in [3.8, 4) is 0 Å². The Morgan fingerprint density at radius 2 is 1.00 bits per heavy atom. The number of hydrogen-bond donors (Lipinski definition) is 2. The molecule has 3 nitrogen and oxygen atoms in total. The molecule has 2 atom stereocenters. The molecule has 3 heteroatoms. The Kier molecular flexibility index (Phi) is 23.7. The van der Waals surface area contributed by atoms with Gasteiger partial charge in [-0.25, -0.2) is 0 Å². The monoisotopic (exact) mass is 250 g/mol. The normalized spacial score (nSPS) is 13.1. The molecule has 108 valence electrons. The van der Waals surface area contributed by atoms with Crippen LogP contribution >= 0.6 is 0 Å². The zero-order chi connectivity index (χ0) is 14.3. The lowest BCUT2D eigenvalue weighted by Gasteiger charge is -2.15. The largest absolute Gasteiger partial charge is 0.394 e. The second-order valence-electron chi connectivity index (χ2n) is 4.75. The maximum Gasteiger partial charge on any atom is 0.0662 e. The van der Waals surface area contributed by atoms with Crippen molar-refractivity contribution in [1.29, 1.82) is 0 Å². The van der Waals surface area contributed by atoms with E-state index in [0.29, 0.717) is 12.2 Å². The third-order valence-electron chi connectivity index (χ3n) is 1.71. The summed E-state index contributed by atoms with van der Waals surface area (Å²) < 4.78 is 5.55. The molecule has 0 aliphatic carbocycles. The number of aliphatic hydroxyl groups is 2. The average Bonchev–Trinajstić information content (AvgIpc) is 2.28. The molecule has 0 aromatic carbocycles. The molecule has 0 saturated heterocycles. The third kappa shape index (κ3) is 38.8. The van der Waals surface area contributed by atoms with Crippen molar-refractivity contribution in [2.24, 2.45) is 5.92 Å². The first-order valence-corrected chi connectivity index (χ1v) is 6.72. The summed E-state index contributed by atoms with van der Waals surface area (Å²) in [6, 6.07) is 0. The van der Waals surface area contributed by atoms with Crippen LogP contribution in [0.3, 0.4) is 0 Å². The fourth-order valence-corrected chi connectivity index (χ4v) is 0.589. The quantitative estimate of drug-likeness (QED) is 0.787. The highest BCUT2D eigenvalue weighted by atomic mass is 16.5. The molecule has 0 aliphatic heterocycles. The number of hydrogen-bond acceptors (Lipinski definition) is 3. The Morgan fingerprint density at radius 3 is 1.12 bits per heavy atom. The van der Waals surface area contributed by atoms with Crippen LogP contribution in [0.5, 0.6) is 0 Å². The molecule has 0 aromatic rings. The van der Waals surface area contributed by atoms with Crippen LogP contribution in [0.4, 0.5) is 0 Å². The maximum absolute atomic E-state index is 7.62. The lowest BCUT2D eigenvalue weighted by atomic mass is 10.3. The Morgan fingerprint density at radius 1 is 0.765 bits per heavy atom. The lowest BCUT2D eigenvalue weighted by molar-refractivity contribution is 0.00511. The highest BCUT2D eigenvalue weighted by Gasteiger charge is 2.02. The van der Waals surface area contributed by atoms with Crippen molar-refractivity contribution in [3.05, 3.63) is 0 Å². The molecule has 2 N–H and O–H groups in total. The van der Waals surface area contributed by atoms with Gasteiger partial charge in [-0.2, -0.15) is 0 Å². The average molecular weight is 250 g/mol. The summed E-state index contributed by atoms with van der Waals surface area (Å²) in [6.07, 6.45) is 3.09. The highest BCUT2D eigenvalue weighted by molar-refractivity contribution is 4.50. The summed E-state index contributed by atoms with van der Waals surface area (Å²) in [5.74, 6) is 0.833. The van der Waals surface area contributed by atoms with Gasteiger partial charge in [0.05, 0.1) is 25.4 Å². The molecule has 0 radical (unpaired) electrons. The van der Waals surface area contributed by atoms with Gasteiger partial charge in [0.2, 0.25) is 0 Å². The van der Waals surface area contributed by atoms with Gasteiger partial charge in [-0.1, -0.05) is 34.6 Å². The van der Waals surface area contributed by atoms with Crippen molar-refractivity contribution in [3.63, 3.8) is 0 Å². The Hall–Kier alpha value is -0.120. The second-order valence-corrected chi connectivity index (χ2v) is 4.75. The Balaban J connectivity index is -0.000000205. The minimum atomic E-state index is -0.125. The smallest absolute Gasteiger partial charge is 0.0662 e. The van der Waals surface area contributed by atoms with Gasteiger partial charge in [0.25, 0.3) is 0 Å². The first-order chi connectivity index (χ1) is 7.85. The van der Waals surface area contributed by atoms with Gasteiger partial charge >= 0.3 is 0 Å². The van der Waals surface area contributed by atoms with E-state index in [1.165, 1.54) is 0 Å². The highest BCUT2D eigenvalue weighted by Crippen LogP contribution is 2.03. The van der Waals surface area contributed by atoms with Crippen molar-refractivity contribution in [2.45, 2.75) is 73.5 Å². The molecule has 0 aliphatic rings. The number of rotatable bonds is 5. The Bertz CT molecular complexity index is 103. The molecule has 0 fully saturated rings. The fraction of sp³-hybridized carbons (Fsp3) is 1.00. The summed E-state index contributed by atoms with van der Waals surface area (Å²) in [4.78, 5) is 0. The lowest BCUT2D eigenvalue weighted by Crippen LogP contribution is -2.14. The van der Waals surface area contributed by atoms with Crippen molar-refractivity contribution in [2.75, 3.05) is 13.2 Å². The number of aliphatic hydroxyl groups excluding tert-OH is 2. The van der Waals surface area contributed by atoms with Crippen LogP contribution in [-0.2, 0) is 4.74 Å². The van der Waals surface area contributed by atoms with Crippen LogP contribution in [0.25, 0.3) is 0 Å². The van der Waals surface area contributed by atoms with Gasteiger partial charge in [-0.3, -0.25) is 0 Å². The van der Waals surface area contributed by atoms with E-state index in [1.807, 2.05) is 0 Å². The summed E-state index contributed by atoms with van der Waals surface area (Å²) in [5, 5.41) is 15.2. The van der Waals surface area contributed by atoms with E-state index >= 15 is 0 Å². The van der Waals surface area contributed by atoms with Gasteiger partial charge < -0.3 is 14.9 Å². The van der Waals surface area contributed by atoms with E-state index < -0.39 is 0 Å². The molecule has 0 saturated carbocycles. The van der Waals surface area contributed by atoms with E-state index in [0.717, 1.165) is 18.8 Å². The van der Waals surface area contributed by atoms with Gasteiger partial charge in [-0.15, -0.1) is 0 Å². The predicted molar refractivity (Wildman–Crippen MR) is 75.3 cm³/mol. The molecular weight excluding hydrogens is 216 g/mol. The van der Waals surface area contributed by atoms with Crippen molar-refractivity contribution in [1.82, 2.24) is 0 Å². The predicted octanol–water partition coefficient (Wildman–Crippen LogP) is 3.23. The van der Waals surface area contributed by atoms with Crippen molar-refractivity contribution >= 4 is 0 Å². The first-order valence-electron chi connectivity index (χ1n) is 6.72. The number of ether oxygens (including phenoxy) is 1. The maximum atomic E-state index is 7.62. The molecule has 0 heterocycles. The summed E-state index contributed by atoms with van der Waals surface area (Å²) in [6.45, 7) is 14.8. The van der Waals surface area contributed by atoms with E-state index in [1.54, 1.807) is 0 Å². The van der Waals surface area contributed by atoms with Gasteiger partial charge in [0.1, 0.15) is 0 Å². The fourth-order valence-electron chi connectivity index (χ4n) is 0.589. The Labute approximate surface area is 108 Å². The van der Waals surface area contributed by atoms with Gasteiger partial charge in [0, 0.05) is 0 Å². The molecule has 17 heavy (non-hydrogen) atoms. The van der Waals surface area contributed by atoms with Crippen LogP contribution in [0.1, 0.15) is 61.3 Å². The van der Waals surface area contributed by atoms with Gasteiger partial charge in [0.15, 0.2) is 0 Å².